The number of primary amides is 1. The summed E-state index contributed by atoms with van der Waals surface area (Å²) in [6, 6.07) is 5.93. The van der Waals surface area contributed by atoms with Crippen LogP contribution in [0.25, 0.3) is 0 Å². The van der Waals surface area contributed by atoms with E-state index in [1.54, 1.807) is 0 Å². The molecule has 1 aliphatic rings. The molecule has 1 saturated heterocycles. The molecule has 0 radical (unpaired) electrons. The van der Waals surface area contributed by atoms with E-state index in [-0.39, 0.29) is 12.7 Å². The lowest BCUT2D eigenvalue weighted by Gasteiger charge is -2.24. The van der Waals surface area contributed by atoms with Crippen LogP contribution in [0.1, 0.15) is 38.2 Å². The molecule has 0 spiro atoms. The molecule has 1 fully saturated rings. The van der Waals surface area contributed by atoms with Crippen LogP contribution in [0.5, 0.6) is 11.5 Å². The molecule has 1 unspecified atom stereocenters. The van der Waals surface area contributed by atoms with Crippen molar-refractivity contribution in [2.75, 3.05) is 19.7 Å². The van der Waals surface area contributed by atoms with Gasteiger partial charge < -0.3 is 20.5 Å². The van der Waals surface area contributed by atoms with Crippen molar-refractivity contribution < 1.29 is 14.3 Å². The molecule has 116 valence electrons. The van der Waals surface area contributed by atoms with Gasteiger partial charge in [0.05, 0.1) is 6.10 Å². The number of benzene rings is 1. The van der Waals surface area contributed by atoms with E-state index in [0.717, 1.165) is 13.1 Å². The first-order valence-corrected chi connectivity index (χ1v) is 7.48. The molecular weight excluding hydrogens is 268 g/mol. The molecule has 1 atom stereocenters. The largest absolute Gasteiger partial charge is 0.487 e. The van der Waals surface area contributed by atoms with Crippen LogP contribution in [0.4, 0.5) is 0 Å². The Morgan fingerprint density at radius 1 is 1.43 bits per heavy atom. The van der Waals surface area contributed by atoms with E-state index in [1.807, 2.05) is 32.0 Å². The first kappa shape index (κ1) is 15.6. The van der Waals surface area contributed by atoms with Crippen LogP contribution in [0, 0.1) is 0 Å². The van der Waals surface area contributed by atoms with E-state index in [4.69, 9.17) is 15.2 Å². The molecule has 1 amide bonds. The minimum Gasteiger partial charge on any atom is -0.487 e. The van der Waals surface area contributed by atoms with E-state index < -0.39 is 5.91 Å². The van der Waals surface area contributed by atoms with E-state index in [0.29, 0.717) is 17.4 Å². The van der Waals surface area contributed by atoms with Crippen LogP contribution in [-0.2, 0) is 4.79 Å². The summed E-state index contributed by atoms with van der Waals surface area (Å²) in [5, 5.41) is 3.42. The number of hydrogen-bond donors (Lipinski definition) is 2. The number of amides is 1. The number of carbonyl (C=O) groups is 1. The maximum atomic E-state index is 10.9. The van der Waals surface area contributed by atoms with Crippen molar-refractivity contribution in [2.45, 2.75) is 38.7 Å². The number of hydrogen-bond acceptors (Lipinski definition) is 4. The Bertz CT molecular complexity index is 482. The molecule has 21 heavy (non-hydrogen) atoms. The van der Waals surface area contributed by atoms with E-state index in [2.05, 4.69) is 5.32 Å². The van der Waals surface area contributed by atoms with Crippen LogP contribution < -0.4 is 20.5 Å². The summed E-state index contributed by atoms with van der Waals surface area (Å²) >= 11 is 0. The van der Waals surface area contributed by atoms with Gasteiger partial charge in [-0.05, 0) is 56.8 Å². The molecular formula is C16H24N2O3. The molecule has 3 N–H and O–H groups in total. The lowest BCUT2D eigenvalue weighted by Crippen LogP contribution is -2.28. The van der Waals surface area contributed by atoms with E-state index >= 15 is 0 Å². The SMILES string of the molecule is CC(C)Oc1cc(C2CCCNC2)ccc1OCC(N)=O. The Morgan fingerprint density at radius 3 is 2.86 bits per heavy atom. The zero-order valence-corrected chi connectivity index (χ0v) is 12.7. The second-order valence-corrected chi connectivity index (χ2v) is 5.67. The van der Waals surface area contributed by atoms with Gasteiger partial charge in [0.25, 0.3) is 5.91 Å². The highest BCUT2D eigenvalue weighted by molar-refractivity contribution is 5.75. The predicted octanol–water partition coefficient (Wildman–Crippen LogP) is 1.80. The zero-order chi connectivity index (χ0) is 15.2. The summed E-state index contributed by atoms with van der Waals surface area (Å²) in [5.74, 6) is 1.24. The minimum atomic E-state index is -0.494. The minimum absolute atomic E-state index is 0.0423. The zero-order valence-electron chi connectivity index (χ0n) is 12.7. The summed E-state index contributed by atoms with van der Waals surface area (Å²) in [7, 11) is 0. The van der Waals surface area contributed by atoms with Crippen LogP contribution in [-0.4, -0.2) is 31.7 Å². The van der Waals surface area contributed by atoms with Gasteiger partial charge >= 0.3 is 0 Å². The van der Waals surface area contributed by atoms with Crippen molar-refractivity contribution in [3.63, 3.8) is 0 Å². The summed E-state index contributed by atoms with van der Waals surface area (Å²) in [6.45, 7) is 5.87. The van der Waals surface area contributed by atoms with Gasteiger partial charge in [0.2, 0.25) is 0 Å². The molecule has 5 heteroatoms. The van der Waals surface area contributed by atoms with E-state index in [1.165, 1.54) is 18.4 Å². The van der Waals surface area contributed by atoms with Crippen molar-refractivity contribution >= 4 is 5.91 Å². The van der Waals surface area contributed by atoms with Crippen LogP contribution in [0.2, 0.25) is 0 Å². The topological polar surface area (TPSA) is 73.6 Å². The maximum Gasteiger partial charge on any atom is 0.255 e. The van der Waals surface area contributed by atoms with Crippen molar-refractivity contribution in [1.29, 1.82) is 0 Å². The van der Waals surface area contributed by atoms with Crippen molar-refractivity contribution in [2.24, 2.45) is 5.73 Å². The quantitative estimate of drug-likeness (QED) is 0.838. The summed E-state index contributed by atoms with van der Waals surface area (Å²) in [5.41, 5.74) is 6.37. The number of piperidine rings is 1. The number of rotatable bonds is 6. The highest BCUT2D eigenvalue weighted by Gasteiger charge is 2.18. The lowest BCUT2D eigenvalue weighted by atomic mass is 9.91. The number of nitrogens with two attached hydrogens (primary N) is 1. The van der Waals surface area contributed by atoms with Gasteiger partial charge in [0.15, 0.2) is 18.1 Å². The third-order valence-corrected chi connectivity index (χ3v) is 3.47. The van der Waals surface area contributed by atoms with Gasteiger partial charge in [-0.15, -0.1) is 0 Å². The van der Waals surface area contributed by atoms with Gasteiger partial charge in [-0.3, -0.25) is 4.79 Å². The normalized spacial score (nSPS) is 18.5. The monoisotopic (exact) mass is 292 g/mol. The Balaban J connectivity index is 2.18. The fraction of sp³-hybridized carbons (Fsp3) is 0.562. The smallest absolute Gasteiger partial charge is 0.255 e. The lowest BCUT2D eigenvalue weighted by molar-refractivity contribution is -0.119. The Labute approximate surface area is 125 Å². The Hall–Kier alpha value is -1.75. The predicted molar refractivity (Wildman–Crippen MR) is 81.7 cm³/mol. The second-order valence-electron chi connectivity index (χ2n) is 5.67. The average Bonchev–Trinajstić information content (AvgIpc) is 2.46. The van der Waals surface area contributed by atoms with Gasteiger partial charge in [-0.1, -0.05) is 6.07 Å². The average molecular weight is 292 g/mol. The van der Waals surface area contributed by atoms with Crippen LogP contribution >= 0.6 is 0 Å². The number of carbonyl (C=O) groups excluding carboxylic acids is 1. The standard InChI is InChI=1S/C16H24N2O3/c1-11(2)21-15-8-12(13-4-3-7-18-9-13)5-6-14(15)20-10-16(17)19/h5-6,8,11,13,18H,3-4,7,9-10H2,1-2H3,(H2,17,19). The fourth-order valence-corrected chi connectivity index (χ4v) is 2.53. The molecule has 1 aromatic rings. The second kappa shape index (κ2) is 7.31. The maximum absolute atomic E-state index is 10.9. The Kier molecular flexibility index (Phi) is 5.44. The van der Waals surface area contributed by atoms with E-state index in [9.17, 15) is 4.79 Å². The highest BCUT2D eigenvalue weighted by atomic mass is 16.5. The number of nitrogens with one attached hydrogen (secondary N) is 1. The first-order chi connectivity index (χ1) is 10.1. The van der Waals surface area contributed by atoms with Crippen molar-refractivity contribution in [3.8, 4) is 11.5 Å². The summed E-state index contributed by atoms with van der Waals surface area (Å²) in [6.07, 6.45) is 2.40. The molecule has 1 aromatic carbocycles. The van der Waals surface area contributed by atoms with Gasteiger partial charge in [-0.25, -0.2) is 0 Å². The van der Waals surface area contributed by atoms with Gasteiger partial charge in [0.1, 0.15) is 0 Å². The Morgan fingerprint density at radius 2 is 2.24 bits per heavy atom. The molecule has 2 rings (SSSR count). The summed E-state index contributed by atoms with van der Waals surface area (Å²) < 4.78 is 11.2. The summed E-state index contributed by atoms with van der Waals surface area (Å²) in [4.78, 5) is 10.9. The molecule has 0 aliphatic carbocycles. The first-order valence-electron chi connectivity index (χ1n) is 7.48. The fourth-order valence-electron chi connectivity index (χ4n) is 2.53. The molecule has 1 heterocycles. The molecule has 0 aromatic heterocycles. The van der Waals surface area contributed by atoms with Crippen molar-refractivity contribution in [1.82, 2.24) is 5.32 Å². The molecule has 5 nitrogen and oxygen atoms in total. The third-order valence-electron chi connectivity index (χ3n) is 3.47. The number of ether oxygens (including phenoxy) is 2. The van der Waals surface area contributed by atoms with Crippen molar-refractivity contribution in [3.05, 3.63) is 23.8 Å². The van der Waals surface area contributed by atoms with Crippen LogP contribution in [0.3, 0.4) is 0 Å². The van der Waals surface area contributed by atoms with Gasteiger partial charge in [-0.2, -0.15) is 0 Å². The molecule has 1 aliphatic heterocycles. The van der Waals surface area contributed by atoms with Crippen LogP contribution in [0.15, 0.2) is 18.2 Å². The third kappa shape index (κ3) is 4.63. The highest BCUT2D eigenvalue weighted by Crippen LogP contribution is 2.33. The van der Waals surface area contributed by atoms with Gasteiger partial charge in [0, 0.05) is 6.54 Å². The molecule has 0 saturated carbocycles. The molecule has 0 bridgehead atoms.